The fraction of sp³-hybridized carbons (Fsp3) is 0.417. The molecule has 0 atom stereocenters. The fourth-order valence-electron chi connectivity index (χ4n) is 1.53. The highest BCUT2D eigenvalue weighted by Gasteiger charge is 2.28. The predicted molar refractivity (Wildman–Crippen MR) is 63.2 cm³/mol. The van der Waals surface area contributed by atoms with E-state index in [0.717, 1.165) is 4.90 Å². The van der Waals surface area contributed by atoms with Crippen LogP contribution in [-0.4, -0.2) is 30.6 Å². The first kappa shape index (κ1) is 14.3. The summed E-state index contributed by atoms with van der Waals surface area (Å²) in [7, 11) is 1.35. The van der Waals surface area contributed by atoms with Crippen LogP contribution in [-0.2, 0) is 0 Å². The van der Waals surface area contributed by atoms with Crippen LogP contribution in [0.1, 0.15) is 22.3 Å². The zero-order chi connectivity index (χ0) is 13.9. The Morgan fingerprint density at radius 1 is 1.39 bits per heavy atom. The molecule has 0 aliphatic heterocycles. The van der Waals surface area contributed by atoms with Crippen LogP contribution in [0.3, 0.4) is 0 Å². The summed E-state index contributed by atoms with van der Waals surface area (Å²) in [6, 6.07) is 4.69. The van der Waals surface area contributed by atoms with Crippen molar-refractivity contribution < 1.29 is 18.0 Å². The molecule has 3 nitrogen and oxygen atoms in total. The Kier molecular flexibility index (Phi) is 4.21. The van der Waals surface area contributed by atoms with Crippen molar-refractivity contribution in [2.45, 2.75) is 19.5 Å². The number of carbonyl (C=O) groups excluding carboxylic acids is 1. The Hall–Kier alpha value is -1.72. The van der Waals surface area contributed by atoms with Gasteiger partial charge in [0.05, 0.1) is 6.42 Å². The average Bonchev–Trinajstić information content (AvgIpc) is 2.24. The summed E-state index contributed by atoms with van der Waals surface area (Å²) in [6.07, 6.45) is -5.27. The van der Waals surface area contributed by atoms with Crippen LogP contribution in [0.5, 0.6) is 0 Å². The van der Waals surface area contributed by atoms with E-state index < -0.39 is 18.5 Å². The summed E-state index contributed by atoms with van der Waals surface area (Å²) in [4.78, 5) is 13.0. The predicted octanol–water partition coefficient (Wildman–Crippen LogP) is 2.60. The molecule has 0 unspecified atom stereocenters. The van der Waals surface area contributed by atoms with Crippen molar-refractivity contribution in [3.8, 4) is 0 Å². The zero-order valence-electron chi connectivity index (χ0n) is 10.2. The molecule has 0 bridgehead atoms. The van der Waals surface area contributed by atoms with E-state index in [0.29, 0.717) is 16.8 Å². The van der Waals surface area contributed by atoms with Gasteiger partial charge in [0.15, 0.2) is 0 Å². The summed E-state index contributed by atoms with van der Waals surface area (Å²) >= 11 is 0. The molecule has 0 saturated heterocycles. The fourth-order valence-corrected chi connectivity index (χ4v) is 1.53. The second-order valence-electron chi connectivity index (χ2n) is 4.17. The lowest BCUT2D eigenvalue weighted by Crippen LogP contribution is -2.31. The number of alkyl halides is 3. The second-order valence-corrected chi connectivity index (χ2v) is 4.17. The third kappa shape index (κ3) is 3.94. The van der Waals surface area contributed by atoms with E-state index >= 15 is 0 Å². The Labute approximate surface area is 103 Å². The molecule has 1 aromatic rings. The van der Waals surface area contributed by atoms with Gasteiger partial charge in [-0.1, -0.05) is 0 Å². The maximum absolute atomic E-state index is 12.1. The summed E-state index contributed by atoms with van der Waals surface area (Å²) < 4.78 is 36.2. The number of nitrogens with zero attached hydrogens (tertiary/aromatic N) is 1. The van der Waals surface area contributed by atoms with Crippen molar-refractivity contribution in [2.24, 2.45) is 0 Å². The van der Waals surface area contributed by atoms with Gasteiger partial charge in [-0.15, -0.1) is 0 Å². The van der Waals surface area contributed by atoms with E-state index in [2.05, 4.69) is 0 Å². The normalized spacial score (nSPS) is 11.4. The molecule has 0 aromatic heterocycles. The number of nitrogen functional groups attached to an aromatic ring is 1. The first-order chi connectivity index (χ1) is 8.20. The minimum Gasteiger partial charge on any atom is -0.399 e. The minimum atomic E-state index is -4.26. The highest BCUT2D eigenvalue weighted by molar-refractivity contribution is 5.95. The first-order valence-corrected chi connectivity index (χ1v) is 5.39. The van der Waals surface area contributed by atoms with Crippen LogP contribution in [0.15, 0.2) is 18.2 Å². The van der Waals surface area contributed by atoms with Gasteiger partial charge in [0.1, 0.15) is 0 Å². The van der Waals surface area contributed by atoms with Crippen molar-refractivity contribution in [3.05, 3.63) is 29.3 Å². The molecule has 0 saturated carbocycles. The van der Waals surface area contributed by atoms with Crippen LogP contribution < -0.4 is 5.73 Å². The van der Waals surface area contributed by atoms with Crippen molar-refractivity contribution in [3.63, 3.8) is 0 Å². The van der Waals surface area contributed by atoms with Crippen molar-refractivity contribution in [2.75, 3.05) is 19.3 Å². The van der Waals surface area contributed by atoms with Crippen LogP contribution in [0.2, 0.25) is 0 Å². The van der Waals surface area contributed by atoms with Gasteiger partial charge in [-0.2, -0.15) is 13.2 Å². The smallest absolute Gasteiger partial charge is 0.390 e. The number of halogens is 3. The Morgan fingerprint density at radius 3 is 2.50 bits per heavy atom. The number of rotatable bonds is 3. The van der Waals surface area contributed by atoms with Gasteiger partial charge < -0.3 is 10.6 Å². The van der Waals surface area contributed by atoms with E-state index in [1.54, 1.807) is 19.1 Å². The third-order valence-electron chi connectivity index (χ3n) is 2.56. The standard InChI is InChI=1S/C12H15F3N2O/c1-8-7-9(16)3-4-10(8)11(18)17(2)6-5-12(13,14)15/h3-4,7H,5-6,16H2,1-2H3. The largest absolute Gasteiger partial charge is 0.399 e. The maximum Gasteiger partial charge on any atom is 0.390 e. The summed E-state index contributed by atoms with van der Waals surface area (Å²) in [5.41, 5.74) is 7.08. The number of carbonyl (C=O) groups is 1. The zero-order valence-corrected chi connectivity index (χ0v) is 10.2. The van der Waals surface area contributed by atoms with Crippen molar-refractivity contribution >= 4 is 11.6 Å². The van der Waals surface area contributed by atoms with E-state index in [1.807, 2.05) is 0 Å². The Morgan fingerprint density at radius 2 is 2.00 bits per heavy atom. The van der Waals surface area contributed by atoms with Gasteiger partial charge in [-0.25, -0.2) is 0 Å². The number of hydrogen-bond donors (Lipinski definition) is 1. The molecule has 0 heterocycles. The summed E-state index contributed by atoms with van der Waals surface area (Å²) in [6.45, 7) is 1.34. The van der Waals surface area contributed by atoms with E-state index in [-0.39, 0.29) is 6.54 Å². The van der Waals surface area contributed by atoms with Gasteiger partial charge in [-0.3, -0.25) is 4.79 Å². The van der Waals surface area contributed by atoms with Crippen LogP contribution >= 0.6 is 0 Å². The number of benzene rings is 1. The van der Waals surface area contributed by atoms with E-state index in [9.17, 15) is 18.0 Å². The molecule has 1 rings (SSSR count). The molecule has 0 radical (unpaired) electrons. The monoisotopic (exact) mass is 260 g/mol. The number of hydrogen-bond acceptors (Lipinski definition) is 2. The molecular weight excluding hydrogens is 245 g/mol. The van der Waals surface area contributed by atoms with Gasteiger partial charge >= 0.3 is 6.18 Å². The molecule has 2 N–H and O–H groups in total. The quantitative estimate of drug-likeness (QED) is 0.849. The number of anilines is 1. The summed E-state index contributed by atoms with van der Waals surface area (Å²) in [5, 5.41) is 0. The lowest BCUT2D eigenvalue weighted by Gasteiger charge is -2.19. The molecule has 1 amide bonds. The van der Waals surface area contributed by atoms with Crippen LogP contribution in [0, 0.1) is 6.92 Å². The van der Waals surface area contributed by atoms with Crippen LogP contribution in [0.4, 0.5) is 18.9 Å². The molecule has 0 fully saturated rings. The molecule has 6 heteroatoms. The van der Waals surface area contributed by atoms with E-state index in [4.69, 9.17) is 5.73 Å². The summed E-state index contributed by atoms with van der Waals surface area (Å²) in [5.74, 6) is -0.434. The number of amides is 1. The molecule has 100 valence electrons. The third-order valence-corrected chi connectivity index (χ3v) is 2.56. The Bertz CT molecular complexity index is 443. The molecule has 0 aliphatic rings. The topological polar surface area (TPSA) is 46.3 Å². The lowest BCUT2D eigenvalue weighted by molar-refractivity contribution is -0.136. The maximum atomic E-state index is 12.1. The lowest BCUT2D eigenvalue weighted by atomic mass is 10.1. The molecular formula is C12H15F3N2O. The van der Waals surface area contributed by atoms with Crippen molar-refractivity contribution in [1.29, 1.82) is 0 Å². The average molecular weight is 260 g/mol. The molecule has 0 spiro atoms. The Balaban J connectivity index is 2.74. The van der Waals surface area contributed by atoms with Gasteiger partial charge in [-0.05, 0) is 30.7 Å². The van der Waals surface area contributed by atoms with E-state index in [1.165, 1.54) is 13.1 Å². The minimum absolute atomic E-state index is 0.355. The molecule has 1 aromatic carbocycles. The number of nitrogens with two attached hydrogens (primary N) is 1. The van der Waals surface area contributed by atoms with Gasteiger partial charge in [0, 0.05) is 24.8 Å². The van der Waals surface area contributed by atoms with Gasteiger partial charge in [0.25, 0.3) is 5.91 Å². The SMILES string of the molecule is Cc1cc(N)ccc1C(=O)N(C)CCC(F)(F)F. The highest BCUT2D eigenvalue weighted by atomic mass is 19.4. The molecule has 0 aliphatic carbocycles. The van der Waals surface area contributed by atoms with Crippen LogP contribution in [0.25, 0.3) is 0 Å². The van der Waals surface area contributed by atoms with Gasteiger partial charge in [0.2, 0.25) is 0 Å². The number of aryl methyl sites for hydroxylation is 1. The molecule has 18 heavy (non-hydrogen) atoms. The van der Waals surface area contributed by atoms with Crippen molar-refractivity contribution in [1.82, 2.24) is 4.90 Å². The second kappa shape index (κ2) is 5.29. The highest BCUT2D eigenvalue weighted by Crippen LogP contribution is 2.20. The first-order valence-electron chi connectivity index (χ1n) is 5.39.